The lowest BCUT2D eigenvalue weighted by molar-refractivity contribution is 0.132. The molecule has 0 amide bonds. The Morgan fingerprint density at radius 3 is 2.95 bits per heavy atom. The molecule has 22 heavy (non-hydrogen) atoms. The number of nitrogens with zero attached hydrogens (tertiary/aromatic N) is 2. The average molecular weight is 364 g/mol. The molecule has 0 spiro atoms. The van der Waals surface area contributed by atoms with Crippen molar-refractivity contribution in [1.82, 2.24) is 9.88 Å². The van der Waals surface area contributed by atoms with Crippen LogP contribution in [0.4, 0.5) is 0 Å². The van der Waals surface area contributed by atoms with E-state index in [0.717, 1.165) is 42.5 Å². The lowest BCUT2D eigenvalue weighted by Gasteiger charge is -2.35. The Kier molecular flexibility index (Phi) is 8.43. The van der Waals surface area contributed by atoms with Crippen LogP contribution in [0.15, 0.2) is 28.2 Å². The van der Waals surface area contributed by atoms with Crippen LogP contribution >= 0.6 is 36.2 Å². The van der Waals surface area contributed by atoms with Crippen molar-refractivity contribution < 1.29 is 4.42 Å². The van der Waals surface area contributed by atoms with Gasteiger partial charge in [0.2, 0.25) is 0 Å². The van der Waals surface area contributed by atoms with Gasteiger partial charge in [0.25, 0.3) is 0 Å². The van der Waals surface area contributed by atoms with Gasteiger partial charge in [-0.05, 0) is 44.5 Å². The first-order chi connectivity index (χ1) is 9.86. The van der Waals surface area contributed by atoms with E-state index in [2.05, 4.69) is 10.3 Å². The van der Waals surface area contributed by atoms with E-state index in [4.69, 9.17) is 15.1 Å². The molecule has 1 unspecified atom stereocenters. The minimum atomic E-state index is 0. The number of hydrogen-bond donors (Lipinski definition) is 1. The molecule has 0 radical (unpaired) electrons. The van der Waals surface area contributed by atoms with E-state index >= 15 is 0 Å². The van der Waals surface area contributed by atoms with Crippen molar-refractivity contribution in [2.24, 2.45) is 5.73 Å². The molecule has 1 atom stereocenters. The summed E-state index contributed by atoms with van der Waals surface area (Å²) in [5.41, 5.74) is 6.87. The molecule has 4 nitrogen and oxygen atoms in total. The molecular weight excluding hydrogens is 341 g/mol. The monoisotopic (exact) mass is 363 g/mol. The molecule has 0 aromatic carbocycles. The van der Waals surface area contributed by atoms with E-state index < -0.39 is 0 Å². The van der Waals surface area contributed by atoms with Gasteiger partial charge >= 0.3 is 0 Å². The maximum absolute atomic E-state index is 5.73. The van der Waals surface area contributed by atoms with Crippen molar-refractivity contribution in [1.29, 1.82) is 0 Å². The molecule has 2 aromatic heterocycles. The Labute approximate surface area is 147 Å². The fraction of sp³-hybridized carbons (Fsp3) is 0.533. The first kappa shape index (κ1) is 19.5. The van der Waals surface area contributed by atoms with Crippen molar-refractivity contribution in [3.8, 4) is 10.8 Å². The Hall–Kier alpha value is -0.590. The Balaban J connectivity index is 0.00000121. The molecule has 2 N–H and O–H groups in total. The van der Waals surface area contributed by atoms with Crippen LogP contribution in [0.3, 0.4) is 0 Å². The number of likely N-dealkylation sites (tertiary alicyclic amines) is 1. The third-order valence-corrected chi connectivity index (χ3v) is 4.80. The second-order valence-electron chi connectivity index (χ2n) is 5.32. The van der Waals surface area contributed by atoms with Crippen LogP contribution in [0.25, 0.3) is 10.8 Å². The fourth-order valence-corrected chi connectivity index (χ4v) is 3.67. The molecule has 0 aliphatic carbocycles. The van der Waals surface area contributed by atoms with Gasteiger partial charge < -0.3 is 10.2 Å². The fourth-order valence-electron chi connectivity index (χ4n) is 2.89. The SMILES string of the molecule is Cl.Cl.NCCC1CCCCN1Cc1csc(-c2ccco2)n1. The predicted molar refractivity (Wildman–Crippen MR) is 96.0 cm³/mol. The van der Waals surface area contributed by atoms with Gasteiger partial charge in [-0.25, -0.2) is 4.98 Å². The van der Waals surface area contributed by atoms with E-state index in [1.807, 2.05) is 12.1 Å². The average Bonchev–Trinajstić information content (AvgIpc) is 3.12. The molecule has 1 aliphatic heterocycles. The van der Waals surface area contributed by atoms with Gasteiger partial charge in [0, 0.05) is 18.0 Å². The zero-order chi connectivity index (χ0) is 13.8. The standard InChI is InChI=1S/C15H21N3OS.2ClH/c16-7-6-13-4-1-2-8-18(13)10-12-11-20-15(17-12)14-5-3-9-19-14;;/h3,5,9,11,13H,1-2,4,6-8,10,16H2;2*1H. The summed E-state index contributed by atoms with van der Waals surface area (Å²) in [5, 5.41) is 3.11. The summed E-state index contributed by atoms with van der Waals surface area (Å²) in [6.45, 7) is 2.87. The lowest BCUT2D eigenvalue weighted by atomic mass is 9.99. The second kappa shape index (κ2) is 9.53. The largest absolute Gasteiger partial charge is 0.462 e. The zero-order valence-electron chi connectivity index (χ0n) is 12.4. The number of furan rings is 1. The maximum Gasteiger partial charge on any atom is 0.162 e. The highest BCUT2D eigenvalue weighted by atomic mass is 35.5. The van der Waals surface area contributed by atoms with E-state index in [1.54, 1.807) is 17.6 Å². The minimum absolute atomic E-state index is 0. The summed E-state index contributed by atoms with van der Waals surface area (Å²) in [5.74, 6) is 0.860. The normalized spacial score (nSPS) is 18.5. The lowest BCUT2D eigenvalue weighted by Crippen LogP contribution is -2.40. The molecule has 3 rings (SSSR count). The Morgan fingerprint density at radius 2 is 2.23 bits per heavy atom. The van der Waals surface area contributed by atoms with Crippen LogP contribution in [0.2, 0.25) is 0 Å². The molecule has 1 fully saturated rings. The van der Waals surface area contributed by atoms with Gasteiger partial charge in [-0.3, -0.25) is 4.90 Å². The van der Waals surface area contributed by atoms with Gasteiger partial charge in [-0.15, -0.1) is 36.2 Å². The predicted octanol–water partition coefficient (Wildman–Crippen LogP) is 3.95. The summed E-state index contributed by atoms with van der Waals surface area (Å²) in [4.78, 5) is 7.23. The van der Waals surface area contributed by atoms with E-state index in [0.29, 0.717) is 6.04 Å². The molecule has 0 bridgehead atoms. The van der Waals surface area contributed by atoms with E-state index in [-0.39, 0.29) is 24.8 Å². The number of hydrogen-bond acceptors (Lipinski definition) is 5. The number of aromatic nitrogens is 1. The van der Waals surface area contributed by atoms with Crippen LogP contribution in [0.1, 0.15) is 31.4 Å². The second-order valence-corrected chi connectivity index (χ2v) is 6.18. The molecule has 3 heterocycles. The number of nitrogens with two attached hydrogens (primary N) is 1. The Bertz CT molecular complexity index is 531. The van der Waals surface area contributed by atoms with Crippen LogP contribution in [-0.4, -0.2) is 29.0 Å². The van der Waals surface area contributed by atoms with Crippen LogP contribution in [-0.2, 0) is 6.54 Å². The van der Waals surface area contributed by atoms with Crippen molar-refractivity contribution in [3.05, 3.63) is 29.5 Å². The summed E-state index contributed by atoms with van der Waals surface area (Å²) in [6, 6.07) is 4.49. The number of piperidine rings is 1. The molecule has 1 saturated heterocycles. The minimum Gasteiger partial charge on any atom is -0.462 e. The number of rotatable bonds is 5. The highest BCUT2D eigenvalue weighted by Gasteiger charge is 2.22. The van der Waals surface area contributed by atoms with Crippen LogP contribution in [0, 0.1) is 0 Å². The van der Waals surface area contributed by atoms with Crippen molar-refractivity contribution >= 4 is 36.2 Å². The highest BCUT2D eigenvalue weighted by Crippen LogP contribution is 2.26. The molecule has 7 heteroatoms. The quantitative estimate of drug-likeness (QED) is 0.873. The van der Waals surface area contributed by atoms with Crippen LogP contribution < -0.4 is 5.73 Å². The molecular formula is C15H23Cl2N3OS. The van der Waals surface area contributed by atoms with Gasteiger partial charge in [0.05, 0.1) is 12.0 Å². The Morgan fingerprint density at radius 1 is 1.36 bits per heavy atom. The summed E-state index contributed by atoms with van der Waals surface area (Å²) in [7, 11) is 0. The number of thiazole rings is 1. The molecule has 0 saturated carbocycles. The van der Waals surface area contributed by atoms with Gasteiger partial charge in [0.15, 0.2) is 10.8 Å². The molecule has 1 aliphatic rings. The first-order valence-corrected chi connectivity index (χ1v) is 8.17. The number of halogens is 2. The highest BCUT2D eigenvalue weighted by molar-refractivity contribution is 7.13. The van der Waals surface area contributed by atoms with Crippen molar-refractivity contribution in [3.63, 3.8) is 0 Å². The van der Waals surface area contributed by atoms with E-state index in [9.17, 15) is 0 Å². The zero-order valence-corrected chi connectivity index (χ0v) is 14.9. The van der Waals surface area contributed by atoms with Gasteiger partial charge in [-0.2, -0.15) is 0 Å². The molecule has 124 valence electrons. The van der Waals surface area contributed by atoms with Crippen molar-refractivity contribution in [2.75, 3.05) is 13.1 Å². The summed E-state index contributed by atoms with van der Waals surface area (Å²) in [6.07, 6.45) is 6.67. The smallest absolute Gasteiger partial charge is 0.162 e. The third-order valence-electron chi connectivity index (χ3n) is 3.90. The van der Waals surface area contributed by atoms with E-state index in [1.165, 1.54) is 19.3 Å². The third kappa shape index (κ3) is 4.70. The van der Waals surface area contributed by atoms with Crippen molar-refractivity contribution in [2.45, 2.75) is 38.3 Å². The first-order valence-electron chi connectivity index (χ1n) is 7.29. The molecule has 2 aromatic rings. The summed E-state index contributed by atoms with van der Waals surface area (Å²) < 4.78 is 5.40. The van der Waals surface area contributed by atoms with Crippen LogP contribution in [0.5, 0.6) is 0 Å². The summed E-state index contributed by atoms with van der Waals surface area (Å²) >= 11 is 1.65. The topological polar surface area (TPSA) is 55.3 Å². The van der Waals surface area contributed by atoms with Gasteiger partial charge in [0.1, 0.15) is 0 Å². The van der Waals surface area contributed by atoms with Gasteiger partial charge in [-0.1, -0.05) is 6.42 Å². The maximum atomic E-state index is 5.73.